The molecule has 0 aliphatic carbocycles. The Morgan fingerprint density at radius 2 is 1.94 bits per heavy atom. The highest BCUT2D eigenvalue weighted by Gasteiger charge is 1.89. The van der Waals surface area contributed by atoms with Crippen LogP contribution in [0.25, 0.3) is 0 Å². The van der Waals surface area contributed by atoms with Gasteiger partial charge in [0.05, 0.1) is 11.6 Å². The third-order valence-corrected chi connectivity index (χ3v) is 2.27. The van der Waals surface area contributed by atoms with Crippen LogP contribution in [0, 0.1) is 18.3 Å². The Labute approximate surface area is 114 Å². The van der Waals surface area contributed by atoms with Crippen LogP contribution in [0.2, 0.25) is 0 Å². The molecule has 96 valence electrons. The molecule has 0 heterocycles. The van der Waals surface area contributed by atoms with Gasteiger partial charge in [-0.2, -0.15) is 5.26 Å². The molecular weight excluding hydrogens is 237 g/mol. The van der Waals surface area contributed by atoms with Crippen LogP contribution in [-0.2, 0) is 0 Å². The van der Waals surface area contributed by atoms with Gasteiger partial charge in [-0.3, -0.25) is 0 Å². The molecule has 1 aromatic rings. The monoisotopic (exact) mass is 259 g/mol. The van der Waals surface area contributed by atoms with E-state index >= 15 is 0 Å². The Bertz CT molecular complexity index is 421. The molecule has 0 aliphatic rings. The minimum atomic E-state index is 0.671. The summed E-state index contributed by atoms with van der Waals surface area (Å²) < 4.78 is 0. The van der Waals surface area contributed by atoms with Gasteiger partial charge in [-0.1, -0.05) is 42.5 Å². The van der Waals surface area contributed by atoms with Gasteiger partial charge in [-0.25, -0.2) is 0 Å². The van der Waals surface area contributed by atoms with E-state index in [2.05, 4.69) is 60.2 Å². The third-order valence-electron chi connectivity index (χ3n) is 1.91. The maximum Gasteiger partial charge on any atom is 0.0990 e. The van der Waals surface area contributed by atoms with Gasteiger partial charge in [0.25, 0.3) is 0 Å². The van der Waals surface area contributed by atoms with Crippen LogP contribution >= 0.6 is 9.24 Å². The fourth-order valence-electron chi connectivity index (χ4n) is 1.08. The van der Waals surface area contributed by atoms with Gasteiger partial charge in [0, 0.05) is 0 Å². The number of benzene rings is 1. The summed E-state index contributed by atoms with van der Waals surface area (Å²) in [7, 11) is 2.66. The minimum Gasteiger partial charge on any atom is -0.192 e. The summed E-state index contributed by atoms with van der Waals surface area (Å²) in [5.41, 5.74) is 2.82. The quantitative estimate of drug-likeness (QED) is 0.319. The number of allylic oxidation sites excluding steroid dienone is 3. The number of aryl methyl sites for hydroxylation is 1. The maximum absolute atomic E-state index is 8.32. The van der Waals surface area contributed by atoms with E-state index < -0.39 is 0 Å². The Hall–Kier alpha value is -1.64. The number of hydrogen-bond acceptors (Lipinski definition) is 1. The fraction of sp³-hybridized carbons (Fsp3) is 0.188. The summed E-state index contributed by atoms with van der Waals surface area (Å²) in [5, 5.41) is 9.57. The molecule has 0 saturated carbocycles. The SMILES string of the molecule is C=C.C=C(C)/C(C#N)=C\C.Cc1cccc(P)c1. The first-order valence-corrected chi connectivity index (χ1v) is 6.13. The largest absolute Gasteiger partial charge is 0.192 e. The van der Waals surface area contributed by atoms with Crippen molar-refractivity contribution in [3.63, 3.8) is 0 Å². The normalized spacial score (nSPS) is 8.94. The van der Waals surface area contributed by atoms with Crippen LogP contribution in [0.5, 0.6) is 0 Å². The van der Waals surface area contributed by atoms with Crippen LogP contribution < -0.4 is 5.30 Å². The van der Waals surface area contributed by atoms with E-state index in [1.165, 1.54) is 10.9 Å². The zero-order chi connectivity index (χ0) is 14.6. The van der Waals surface area contributed by atoms with Crippen molar-refractivity contribution in [3.05, 3.63) is 66.8 Å². The van der Waals surface area contributed by atoms with E-state index in [1.54, 1.807) is 6.08 Å². The van der Waals surface area contributed by atoms with Crippen molar-refractivity contribution in [3.8, 4) is 6.07 Å². The molecule has 0 amide bonds. The molecule has 2 heteroatoms. The molecule has 0 aromatic heterocycles. The minimum absolute atomic E-state index is 0.671. The van der Waals surface area contributed by atoms with E-state index in [9.17, 15) is 0 Å². The number of hydrogen-bond donors (Lipinski definition) is 0. The lowest BCUT2D eigenvalue weighted by Crippen LogP contribution is -1.87. The molecule has 0 bridgehead atoms. The molecule has 18 heavy (non-hydrogen) atoms. The first-order chi connectivity index (χ1) is 8.51. The zero-order valence-corrected chi connectivity index (χ0v) is 12.7. The van der Waals surface area contributed by atoms with Crippen molar-refractivity contribution in [2.45, 2.75) is 20.8 Å². The molecular formula is C16H22NP. The predicted molar refractivity (Wildman–Crippen MR) is 86.0 cm³/mol. The standard InChI is InChI=1S/C7H9N.C7H9P.C2H4/c1-4-7(5-8)6(2)3;1-6-3-2-4-7(8)5-6;1-2/h4H,2H2,1,3H3;2-5H,8H2,1H3;1-2H2/b7-4-;;. The van der Waals surface area contributed by atoms with Gasteiger partial charge >= 0.3 is 0 Å². The van der Waals surface area contributed by atoms with E-state index in [-0.39, 0.29) is 0 Å². The van der Waals surface area contributed by atoms with E-state index in [4.69, 9.17) is 5.26 Å². The van der Waals surface area contributed by atoms with Gasteiger partial charge < -0.3 is 0 Å². The van der Waals surface area contributed by atoms with E-state index in [1.807, 2.05) is 19.9 Å². The summed E-state index contributed by atoms with van der Waals surface area (Å²) >= 11 is 0. The molecule has 0 radical (unpaired) electrons. The summed E-state index contributed by atoms with van der Waals surface area (Å²) in [4.78, 5) is 0. The molecule has 1 rings (SSSR count). The Kier molecular flexibility index (Phi) is 12.3. The highest BCUT2D eigenvalue weighted by molar-refractivity contribution is 7.27. The summed E-state index contributed by atoms with van der Waals surface area (Å²) in [5.74, 6) is 0. The number of rotatable bonds is 1. The Morgan fingerprint density at radius 1 is 1.39 bits per heavy atom. The average molecular weight is 259 g/mol. The van der Waals surface area contributed by atoms with Crippen molar-refractivity contribution in [2.75, 3.05) is 0 Å². The number of nitrogens with zero attached hydrogens (tertiary/aromatic N) is 1. The lowest BCUT2D eigenvalue weighted by atomic mass is 10.1. The van der Waals surface area contributed by atoms with Crippen LogP contribution in [0.3, 0.4) is 0 Å². The van der Waals surface area contributed by atoms with Crippen molar-refractivity contribution in [2.24, 2.45) is 0 Å². The molecule has 0 fully saturated rings. The second kappa shape index (κ2) is 11.8. The maximum atomic E-state index is 8.32. The molecule has 0 spiro atoms. The van der Waals surface area contributed by atoms with Gasteiger partial charge in [0.15, 0.2) is 0 Å². The molecule has 0 saturated heterocycles. The first-order valence-electron chi connectivity index (χ1n) is 5.55. The van der Waals surface area contributed by atoms with Crippen molar-refractivity contribution in [1.82, 2.24) is 0 Å². The predicted octanol–water partition coefficient (Wildman–Crippen LogP) is 4.33. The summed E-state index contributed by atoms with van der Waals surface area (Å²) in [6, 6.07) is 10.4. The lowest BCUT2D eigenvalue weighted by molar-refractivity contribution is 1.40. The Balaban J connectivity index is 0. The number of nitriles is 1. The summed E-state index contributed by atoms with van der Waals surface area (Å²) in [6.45, 7) is 15.3. The summed E-state index contributed by atoms with van der Waals surface area (Å²) in [6.07, 6.45) is 1.75. The molecule has 0 N–H and O–H groups in total. The van der Waals surface area contributed by atoms with Gasteiger partial charge in [0.1, 0.15) is 0 Å². The van der Waals surface area contributed by atoms with Gasteiger partial charge in [0.2, 0.25) is 0 Å². The Morgan fingerprint density at radius 3 is 2.11 bits per heavy atom. The topological polar surface area (TPSA) is 23.8 Å². The van der Waals surface area contributed by atoms with Crippen molar-refractivity contribution >= 4 is 14.5 Å². The van der Waals surface area contributed by atoms with Crippen molar-refractivity contribution < 1.29 is 0 Å². The second-order valence-electron chi connectivity index (χ2n) is 3.51. The van der Waals surface area contributed by atoms with Gasteiger partial charge in [-0.15, -0.1) is 22.4 Å². The first kappa shape index (κ1) is 18.7. The van der Waals surface area contributed by atoms with Crippen LogP contribution in [0.1, 0.15) is 19.4 Å². The van der Waals surface area contributed by atoms with E-state index in [0.29, 0.717) is 5.57 Å². The van der Waals surface area contributed by atoms with Crippen molar-refractivity contribution in [1.29, 1.82) is 5.26 Å². The van der Waals surface area contributed by atoms with Gasteiger partial charge in [-0.05, 0) is 31.6 Å². The molecule has 1 aromatic carbocycles. The van der Waals surface area contributed by atoms with Crippen LogP contribution in [0.4, 0.5) is 0 Å². The molecule has 1 atom stereocenters. The highest BCUT2D eigenvalue weighted by Crippen LogP contribution is 2.02. The lowest BCUT2D eigenvalue weighted by Gasteiger charge is -1.90. The fourth-order valence-corrected chi connectivity index (χ4v) is 1.45. The third kappa shape index (κ3) is 9.58. The van der Waals surface area contributed by atoms with E-state index in [0.717, 1.165) is 5.57 Å². The molecule has 1 unspecified atom stereocenters. The van der Waals surface area contributed by atoms with Crippen LogP contribution in [-0.4, -0.2) is 0 Å². The van der Waals surface area contributed by atoms with Crippen LogP contribution in [0.15, 0.2) is 61.2 Å². The smallest absolute Gasteiger partial charge is 0.0990 e. The second-order valence-corrected chi connectivity index (χ2v) is 4.18. The molecule has 1 nitrogen and oxygen atoms in total. The average Bonchev–Trinajstić information content (AvgIpc) is 2.33. The zero-order valence-electron chi connectivity index (χ0n) is 11.5. The molecule has 0 aliphatic heterocycles. The highest BCUT2D eigenvalue weighted by atomic mass is 31.0.